The van der Waals surface area contributed by atoms with Crippen molar-refractivity contribution in [2.75, 3.05) is 11.5 Å². The molecule has 0 aromatic heterocycles. The first-order valence-corrected chi connectivity index (χ1v) is 7.25. The zero-order valence-corrected chi connectivity index (χ0v) is 9.97. The number of amides is 2. The van der Waals surface area contributed by atoms with Crippen molar-refractivity contribution in [3.63, 3.8) is 0 Å². The van der Waals surface area contributed by atoms with Gasteiger partial charge in [-0.3, -0.25) is 14.9 Å². The number of nitrogens with one attached hydrogen (secondary N) is 1. The number of piperidine rings is 1. The Hall–Kier alpha value is -0.910. The van der Waals surface area contributed by atoms with E-state index in [0.29, 0.717) is 12.8 Å². The number of rotatable bonds is 1. The second-order valence-electron chi connectivity index (χ2n) is 4.75. The Balaban J connectivity index is 2.37. The highest BCUT2D eigenvalue weighted by Crippen LogP contribution is 2.45. The summed E-state index contributed by atoms with van der Waals surface area (Å²) >= 11 is 0. The summed E-state index contributed by atoms with van der Waals surface area (Å²) in [6.07, 6.45) is 1.18. The molecule has 1 spiro atoms. The third-order valence-electron chi connectivity index (χ3n) is 3.66. The summed E-state index contributed by atoms with van der Waals surface area (Å²) in [6, 6.07) is 0. The van der Waals surface area contributed by atoms with Gasteiger partial charge in [0.15, 0.2) is 9.84 Å². The fourth-order valence-electron chi connectivity index (χ4n) is 2.96. The molecule has 0 aromatic rings. The van der Waals surface area contributed by atoms with Gasteiger partial charge < -0.3 is 0 Å². The maximum atomic E-state index is 11.7. The summed E-state index contributed by atoms with van der Waals surface area (Å²) in [4.78, 5) is 23.1. The molecule has 2 saturated heterocycles. The quantitative estimate of drug-likeness (QED) is 0.652. The number of sulfone groups is 1. The molecule has 5 nitrogen and oxygen atoms in total. The number of hydrogen-bond donors (Lipinski definition) is 1. The summed E-state index contributed by atoms with van der Waals surface area (Å²) in [6.45, 7) is 1.85. The first kappa shape index (κ1) is 11.6. The van der Waals surface area contributed by atoms with Crippen molar-refractivity contribution in [1.82, 2.24) is 5.32 Å². The standard InChI is InChI=1S/C10H15NO4S/c1-2-7-9(13)11-8(12)5-10(7)3-4-16(14,15)6-10/h7H,2-6H2,1H3,(H,11,12,13). The van der Waals surface area contributed by atoms with E-state index < -0.39 is 15.3 Å². The summed E-state index contributed by atoms with van der Waals surface area (Å²) in [5.74, 6) is -0.910. The molecule has 2 aliphatic rings. The maximum absolute atomic E-state index is 11.7. The van der Waals surface area contributed by atoms with E-state index in [-0.39, 0.29) is 35.7 Å². The fraction of sp³-hybridized carbons (Fsp3) is 0.800. The Bertz CT molecular complexity index is 442. The van der Waals surface area contributed by atoms with Gasteiger partial charge in [-0.25, -0.2) is 8.42 Å². The van der Waals surface area contributed by atoms with Crippen LogP contribution in [0, 0.1) is 11.3 Å². The number of carbonyl (C=O) groups excluding carboxylic acids is 2. The monoisotopic (exact) mass is 245 g/mol. The minimum atomic E-state index is -3.08. The smallest absolute Gasteiger partial charge is 0.230 e. The van der Waals surface area contributed by atoms with Crippen LogP contribution in [0.5, 0.6) is 0 Å². The van der Waals surface area contributed by atoms with Crippen LogP contribution in [0.3, 0.4) is 0 Å². The molecule has 0 bridgehead atoms. The minimum Gasteiger partial charge on any atom is -0.296 e. The first-order chi connectivity index (χ1) is 7.38. The average Bonchev–Trinajstić information content (AvgIpc) is 2.41. The van der Waals surface area contributed by atoms with Crippen LogP contribution in [0.15, 0.2) is 0 Å². The lowest BCUT2D eigenvalue weighted by Crippen LogP contribution is -2.52. The predicted molar refractivity (Wildman–Crippen MR) is 57.3 cm³/mol. The van der Waals surface area contributed by atoms with E-state index in [9.17, 15) is 18.0 Å². The van der Waals surface area contributed by atoms with Crippen LogP contribution in [-0.2, 0) is 19.4 Å². The van der Waals surface area contributed by atoms with Gasteiger partial charge in [0.05, 0.1) is 11.5 Å². The second-order valence-corrected chi connectivity index (χ2v) is 6.94. The minimum absolute atomic E-state index is 0.0162. The van der Waals surface area contributed by atoms with Crippen molar-refractivity contribution >= 4 is 21.7 Å². The second kappa shape index (κ2) is 3.55. The predicted octanol–water partition coefficient (Wildman–Crippen LogP) is -0.136. The van der Waals surface area contributed by atoms with E-state index in [2.05, 4.69) is 5.32 Å². The molecule has 0 radical (unpaired) electrons. The van der Waals surface area contributed by atoms with Crippen LogP contribution in [-0.4, -0.2) is 31.7 Å². The Morgan fingerprint density at radius 1 is 1.44 bits per heavy atom. The van der Waals surface area contributed by atoms with Gasteiger partial charge in [0.25, 0.3) is 0 Å². The van der Waals surface area contributed by atoms with Crippen LogP contribution in [0.2, 0.25) is 0 Å². The lowest BCUT2D eigenvalue weighted by Gasteiger charge is -2.38. The number of hydrogen-bond acceptors (Lipinski definition) is 4. The third-order valence-corrected chi connectivity index (χ3v) is 5.50. The lowest BCUT2D eigenvalue weighted by molar-refractivity contribution is -0.142. The molecule has 2 fully saturated rings. The molecule has 2 rings (SSSR count). The summed E-state index contributed by atoms with van der Waals surface area (Å²) in [5, 5.41) is 2.29. The van der Waals surface area contributed by atoms with Gasteiger partial charge >= 0.3 is 0 Å². The zero-order valence-electron chi connectivity index (χ0n) is 9.15. The zero-order chi connectivity index (χ0) is 12.0. The molecule has 2 aliphatic heterocycles. The topological polar surface area (TPSA) is 80.3 Å². The molecule has 2 amide bonds. The van der Waals surface area contributed by atoms with Crippen molar-refractivity contribution in [1.29, 1.82) is 0 Å². The molecule has 16 heavy (non-hydrogen) atoms. The largest absolute Gasteiger partial charge is 0.296 e. The van der Waals surface area contributed by atoms with Gasteiger partial charge in [0.2, 0.25) is 11.8 Å². The molecule has 2 atom stereocenters. The molecule has 1 N–H and O–H groups in total. The first-order valence-electron chi connectivity index (χ1n) is 5.43. The molecule has 0 aromatic carbocycles. The molecule has 90 valence electrons. The van der Waals surface area contributed by atoms with Crippen LogP contribution in [0.25, 0.3) is 0 Å². The van der Waals surface area contributed by atoms with E-state index >= 15 is 0 Å². The Labute approximate surface area is 94.5 Å². The van der Waals surface area contributed by atoms with Crippen molar-refractivity contribution in [2.45, 2.75) is 26.2 Å². The van der Waals surface area contributed by atoms with Gasteiger partial charge in [0, 0.05) is 17.8 Å². The summed E-state index contributed by atoms with van der Waals surface area (Å²) in [5.41, 5.74) is -0.632. The highest BCUT2D eigenvalue weighted by Gasteiger charge is 2.53. The maximum Gasteiger partial charge on any atom is 0.230 e. The van der Waals surface area contributed by atoms with E-state index in [1.54, 1.807) is 0 Å². The molecular formula is C10H15NO4S. The Kier molecular flexibility index (Phi) is 2.57. The van der Waals surface area contributed by atoms with Crippen molar-refractivity contribution < 1.29 is 18.0 Å². The molecule has 2 unspecified atom stereocenters. The van der Waals surface area contributed by atoms with Crippen LogP contribution in [0.1, 0.15) is 26.2 Å². The highest BCUT2D eigenvalue weighted by atomic mass is 32.2. The normalized spacial score (nSPS) is 37.7. The van der Waals surface area contributed by atoms with Gasteiger partial charge in [0.1, 0.15) is 0 Å². The number of imide groups is 1. The average molecular weight is 245 g/mol. The van der Waals surface area contributed by atoms with Gasteiger partial charge in [-0.15, -0.1) is 0 Å². The van der Waals surface area contributed by atoms with Gasteiger partial charge in [-0.2, -0.15) is 0 Å². The van der Waals surface area contributed by atoms with Crippen molar-refractivity contribution in [3.8, 4) is 0 Å². The van der Waals surface area contributed by atoms with E-state index in [0.717, 1.165) is 0 Å². The van der Waals surface area contributed by atoms with Gasteiger partial charge in [-0.05, 0) is 12.8 Å². The molecule has 0 aliphatic carbocycles. The van der Waals surface area contributed by atoms with E-state index in [1.807, 2.05) is 6.92 Å². The molecular weight excluding hydrogens is 230 g/mol. The third kappa shape index (κ3) is 1.75. The van der Waals surface area contributed by atoms with Crippen molar-refractivity contribution in [2.24, 2.45) is 11.3 Å². The number of carbonyl (C=O) groups is 2. The summed E-state index contributed by atoms with van der Waals surface area (Å²) in [7, 11) is -3.08. The Morgan fingerprint density at radius 2 is 2.12 bits per heavy atom. The van der Waals surface area contributed by atoms with Crippen LogP contribution >= 0.6 is 0 Å². The lowest BCUT2D eigenvalue weighted by atomic mass is 9.68. The molecule has 6 heteroatoms. The molecule has 0 saturated carbocycles. The fourth-order valence-corrected chi connectivity index (χ4v) is 5.15. The van der Waals surface area contributed by atoms with E-state index in [1.165, 1.54) is 0 Å². The summed E-state index contributed by atoms with van der Waals surface area (Å²) < 4.78 is 23.1. The van der Waals surface area contributed by atoms with Crippen LogP contribution < -0.4 is 5.32 Å². The molecule has 2 heterocycles. The highest BCUT2D eigenvalue weighted by molar-refractivity contribution is 7.91. The van der Waals surface area contributed by atoms with Crippen LogP contribution in [0.4, 0.5) is 0 Å². The SMILES string of the molecule is CCC1C(=O)NC(=O)CC12CCS(=O)(=O)C2. The van der Waals surface area contributed by atoms with Crippen molar-refractivity contribution in [3.05, 3.63) is 0 Å². The Morgan fingerprint density at radius 3 is 2.62 bits per heavy atom. The van der Waals surface area contributed by atoms with Gasteiger partial charge in [-0.1, -0.05) is 6.92 Å². The van der Waals surface area contributed by atoms with E-state index in [4.69, 9.17) is 0 Å².